The zero-order valence-corrected chi connectivity index (χ0v) is 15.1. The summed E-state index contributed by atoms with van der Waals surface area (Å²) in [6.45, 7) is 1.40. The third-order valence-corrected chi connectivity index (χ3v) is 10.2. The predicted octanol–water partition coefficient (Wildman–Crippen LogP) is 1.25. The Balaban J connectivity index is 2.09. The molecule has 0 saturated carbocycles. The minimum atomic E-state index is 0.478. The summed E-state index contributed by atoms with van der Waals surface area (Å²) in [5.74, 6) is 0. The first-order valence-corrected chi connectivity index (χ1v) is 12.4. The molecule has 2 aromatic carbocycles. The summed E-state index contributed by atoms with van der Waals surface area (Å²) in [6, 6.07) is 17.2. The summed E-state index contributed by atoms with van der Waals surface area (Å²) in [7, 11) is 3.51. The molecule has 0 aromatic heterocycles. The molecule has 4 heteroatoms. The van der Waals surface area contributed by atoms with Crippen molar-refractivity contribution in [2.45, 2.75) is 13.2 Å². The van der Waals surface area contributed by atoms with E-state index in [2.05, 4.69) is 48.5 Å². The van der Waals surface area contributed by atoms with Crippen LogP contribution in [-0.4, -0.2) is 40.5 Å². The van der Waals surface area contributed by atoms with Crippen molar-refractivity contribution >= 4 is 35.2 Å². The summed E-state index contributed by atoms with van der Waals surface area (Å²) in [4.78, 5) is 0. The average Bonchev–Trinajstić information content (AvgIpc) is 2.48. The van der Waals surface area contributed by atoms with Crippen molar-refractivity contribution in [2.75, 3.05) is 14.2 Å². The number of ether oxygens (including phenoxy) is 2. The van der Waals surface area contributed by atoms with Gasteiger partial charge in [-0.05, 0) is 0 Å². The molecule has 0 unspecified atom stereocenters. The van der Waals surface area contributed by atoms with E-state index in [1.807, 2.05) is 0 Å². The molecular formula is C16H18O2Se2. The molecule has 0 amide bonds. The van der Waals surface area contributed by atoms with Crippen LogP contribution in [0.1, 0.15) is 11.1 Å². The van der Waals surface area contributed by atoms with E-state index >= 15 is 0 Å². The minimum absolute atomic E-state index is 0.478. The second-order valence-electron chi connectivity index (χ2n) is 4.25. The van der Waals surface area contributed by atoms with E-state index in [1.54, 1.807) is 14.2 Å². The van der Waals surface area contributed by atoms with Gasteiger partial charge in [0.2, 0.25) is 0 Å². The van der Waals surface area contributed by atoms with Crippen LogP contribution in [0.25, 0.3) is 0 Å². The normalized spacial score (nSPS) is 10.7. The monoisotopic (exact) mass is 402 g/mol. The van der Waals surface area contributed by atoms with Crippen LogP contribution in [0.15, 0.2) is 48.5 Å². The third-order valence-electron chi connectivity index (χ3n) is 2.77. The van der Waals surface area contributed by atoms with Gasteiger partial charge in [0.05, 0.1) is 0 Å². The van der Waals surface area contributed by atoms with Crippen LogP contribution in [0.2, 0.25) is 0 Å². The van der Waals surface area contributed by atoms with E-state index in [9.17, 15) is 0 Å². The van der Waals surface area contributed by atoms with Gasteiger partial charge in [0, 0.05) is 0 Å². The van der Waals surface area contributed by atoms with Gasteiger partial charge in [0.15, 0.2) is 0 Å². The third kappa shape index (κ3) is 4.46. The van der Waals surface area contributed by atoms with Gasteiger partial charge < -0.3 is 0 Å². The molecule has 106 valence electrons. The van der Waals surface area contributed by atoms with Crippen molar-refractivity contribution in [2.24, 2.45) is 0 Å². The Morgan fingerprint density at radius 2 is 1.10 bits per heavy atom. The van der Waals surface area contributed by atoms with E-state index < -0.39 is 0 Å². The molecule has 0 N–H and O–H groups in total. The summed E-state index contributed by atoms with van der Waals surface area (Å²) in [6.07, 6.45) is 0. The standard InChI is InChI=1S/C16H18O2Se2/c1-17-11-13-7-3-5-9-15(13)19-20-16-10-6-4-8-14(16)12-18-2/h3-10H,11-12H2,1-2H3. The Morgan fingerprint density at radius 3 is 1.50 bits per heavy atom. The van der Waals surface area contributed by atoms with Gasteiger partial charge >= 0.3 is 132 Å². The molecule has 0 aliphatic carbocycles. The van der Waals surface area contributed by atoms with Gasteiger partial charge in [-0.2, -0.15) is 0 Å². The van der Waals surface area contributed by atoms with Crippen LogP contribution in [0.5, 0.6) is 0 Å². The Labute approximate surface area is 131 Å². The van der Waals surface area contributed by atoms with E-state index in [0.717, 1.165) is 0 Å². The van der Waals surface area contributed by atoms with Crippen LogP contribution < -0.4 is 8.92 Å². The maximum atomic E-state index is 5.28. The van der Waals surface area contributed by atoms with Crippen molar-refractivity contribution < 1.29 is 9.47 Å². The van der Waals surface area contributed by atoms with Crippen LogP contribution in [-0.2, 0) is 22.7 Å². The Hall–Kier alpha value is -0.601. The molecule has 0 fully saturated rings. The van der Waals surface area contributed by atoms with Gasteiger partial charge in [-0.15, -0.1) is 0 Å². The molecule has 0 radical (unpaired) electrons. The molecule has 0 heterocycles. The predicted molar refractivity (Wildman–Crippen MR) is 85.1 cm³/mol. The average molecular weight is 400 g/mol. The fraction of sp³-hybridized carbons (Fsp3) is 0.250. The molecule has 2 aromatic rings. The molecule has 0 bridgehead atoms. The molecule has 2 rings (SSSR count). The number of hydrogen-bond donors (Lipinski definition) is 0. The first-order valence-electron chi connectivity index (χ1n) is 6.33. The van der Waals surface area contributed by atoms with Crippen molar-refractivity contribution in [3.05, 3.63) is 59.7 Å². The van der Waals surface area contributed by atoms with Crippen molar-refractivity contribution in [1.82, 2.24) is 0 Å². The summed E-state index contributed by atoms with van der Waals surface area (Å²) in [5.41, 5.74) is 2.64. The van der Waals surface area contributed by atoms with Crippen LogP contribution >= 0.6 is 0 Å². The van der Waals surface area contributed by atoms with Gasteiger partial charge in [-0.1, -0.05) is 0 Å². The van der Waals surface area contributed by atoms with Crippen molar-refractivity contribution in [3.8, 4) is 0 Å². The van der Waals surface area contributed by atoms with E-state index in [4.69, 9.17) is 9.47 Å². The van der Waals surface area contributed by atoms with Crippen molar-refractivity contribution in [3.63, 3.8) is 0 Å². The summed E-state index contributed by atoms with van der Waals surface area (Å²) < 4.78 is 13.5. The molecule has 0 spiro atoms. The van der Waals surface area contributed by atoms with Crippen LogP contribution in [0, 0.1) is 0 Å². The number of hydrogen-bond acceptors (Lipinski definition) is 2. The molecule has 0 saturated heterocycles. The second-order valence-corrected chi connectivity index (χ2v) is 10.4. The molecule has 0 atom stereocenters. The van der Waals surface area contributed by atoms with E-state index in [0.29, 0.717) is 39.5 Å². The van der Waals surface area contributed by atoms with Crippen LogP contribution in [0.4, 0.5) is 0 Å². The zero-order valence-electron chi connectivity index (χ0n) is 11.7. The van der Waals surface area contributed by atoms with Gasteiger partial charge in [-0.25, -0.2) is 0 Å². The topological polar surface area (TPSA) is 18.5 Å². The quantitative estimate of drug-likeness (QED) is 0.652. The fourth-order valence-corrected chi connectivity index (χ4v) is 9.23. The Bertz CT molecular complexity index is 494. The summed E-state index contributed by atoms with van der Waals surface area (Å²) >= 11 is 0.956. The molecule has 0 aliphatic heterocycles. The summed E-state index contributed by atoms with van der Waals surface area (Å²) in [5, 5.41) is 0. The van der Waals surface area contributed by atoms with Gasteiger partial charge in [0.25, 0.3) is 0 Å². The molecular weight excluding hydrogens is 382 g/mol. The maximum absolute atomic E-state index is 5.28. The number of benzene rings is 2. The van der Waals surface area contributed by atoms with Crippen LogP contribution in [0.3, 0.4) is 0 Å². The second kappa shape index (κ2) is 8.63. The zero-order chi connectivity index (χ0) is 14.2. The first kappa shape index (κ1) is 15.8. The van der Waals surface area contributed by atoms with E-state index in [1.165, 1.54) is 20.1 Å². The Kier molecular flexibility index (Phi) is 6.81. The molecule has 20 heavy (non-hydrogen) atoms. The SMILES string of the molecule is COCc1ccccc1[Se][Se]c1ccccc1COC. The van der Waals surface area contributed by atoms with Gasteiger partial charge in [0.1, 0.15) is 0 Å². The van der Waals surface area contributed by atoms with Crippen molar-refractivity contribution in [1.29, 1.82) is 0 Å². The fourth-order valence-electron chi connectivity index (χ4n) is 1.81. The first-order chi connectivity index (χ1) is 9.85. The number of rotatable bonds is 7. The van der Waals surface area contributed by atoms with Gasteiger partial charge in [-0.3, -0.25) is 0 Å². The number of methoxy groups -OCH3 is 2. The Morgan fingerprint density at radius 1 is 0.700 bits per heavy atom. The molecule has 2 nitrogen and oxygen atoms in total. The van der Waals surface area contributed by atoms with E-state index in [-0.39, 0.29) is 0 Å². The molecule has 0 aliphatic rings.